The van der Waals surface area contributed by atoms with Crippen molar-refractivity contribution >= 4 is 45.5 Å². The molecule has 0 spiro atoms. The summed E-state index contributed by atoms with van der Waals surface area (Å²) in [7, 11) is 0. The highest BCUT2D eigenvalue weighted by atomic mass is 79.9. The van der Waals surface area contributed by atoms with Crippen molar-refractivity contribution in [1.82, 2.24) is 0 Å². The molecule has 0 radical (unpaired) electrons. The molecule has 0 fully saturated rings. The van der Waals surface area contributed by atoms with Crippen LogP contribution in [0, 0.1) is 11.3 Å². The van der Waals surface area contributed by atoms with Gasteiger partial charge in [0.15, 0.2) is 0 Å². The first-order valence-corrected chi connectivity index (χ1v) is 7.02. The molecule has 0 N–H and O–H groups in total. The first kappa shape index (κ1) is 14.5. The van der Waals surface area contributed by atoms with E-state index in [2.05, 4.69) is 27.0 Å². The Kier molecular flexibility index (Phi) is 5.11. The fourth-order valence-electron chi connectivity index (χ4n) is 1.58. The van der Waals surface area contributed by atoms with Gasteiger partial charge in [0.1, 0.15) is 6.07 Å². The van der Waals surface area contributed by atoms with Crippen LogP contribution in [-0.4, -0.2) is 6.21 Å². The van der Waals surface area contributed by atoms with Crippen LogP contribution in [0.4, 0.5) is 5.69 Å². The van der Waals surface area contributed by atoms with Crippen molar-refractivity contribution in [3.8, 4) is 6.07 Å². The molecule has 2 rings (SSSR count). The zero-order valence-electron chi connectivity index (χ0n) is 10.4. The van der Waals surface area contributed by atoms with E-state index in [0.717, 1.165) is 10.0 Å². The fourth-order valence-corrected chi connectivity index (χ4v) is 2.12. The fraction of sp³-hybridized carbons (Fsp3) is 0. The van der Waals surface area contributed by atoms with Gasteiger partial charge in [-0.25, -0.2) is 0 Å². The third-order valence-electron chi connectivity index (χ3n) is 2.51. The van der Waals surface area contributed by atoms with E-state index in [0.29, 0.717) is 16.3 Å². The second-order valence-electron chi connectivity index (χ2n) is 3.97. The van der Waals surface area contributed by atoms with E-state index in [9.17, 15) is 0 Å². The number of hydrogen-bond acceptors (Lipinski definition) is 2. The molecular weight excluding hydrogens is 336 g/mol. The summed E-state index contributed by atoms with van der Waals surface area (Å²) in [5, 5.41) is 9.57. The minimum absolute atomic E-state index is 0.491. The quantitative estimate of drug-likeness (QED) is 0.691. The normalized spacial score (nSPS) is 11.6. The molecule has 0 aromatic heterocycles. The Morgan fingerprint density at radius 3 is 2.65 bits per heavy atom. The molecule has 0 aliphatic heterocycles. The van der Waals surface area contributed by atoms with Gasteiger partial charge in [0.05, 0.1) is 11.3 Å². The molecule has 0 heterocycles. The summed E-state index contributed by atoms with van der Waals surface area (Å²) < 4.78 is 0.813. The summed E-state index contributed by atoms with van der Waals surface area (Å²) in [5.74, 6) is 0. The van der Waals surface area contributed by atoms with Crippen LogP contribution < -0.4 is 0 Å². The van der Waals surface area contributed by atoms with Gasteiger partial charge in [-0.2, -0.15) is 5.26 Å². The van der Waals surface area contributed by atoms with Crippen LogP contribution in [0.2, 0.25) is 5.02 Å². The Hall–Kier alpha value is -1.89. The maximum absolute atomic E-state index is 9.02. The second kappa shape index (κ2) is 7.04. The Morgan fingerprint density at radius 1 is 1.20 bits per heavy atom. The topological polar surface area (TPSA) is 36.1 Å². The number of allylic oxidation sites excluding steroid dienone is 1. The third-order valence-corrected chi connectivity index (χ3v) is 3.18. The van der Waals surface area contributed by atoms with Crippen LogP contribution >= 0.6 is 27.5 Å². The lowest BCUT2D eigenvalue weighted by atomic mass is 10.2. The third kappa shape index (κ3) is 4.06. The van der Waals surface area contributed by atoms with E-state index in [-0.39, 0.29) is 0 Å². The Bertz CT molecular complexity index is 700. The number of aliphatic imine (C=N–C) groups is 1. The molecule has 0 aliphatic carbocycles. The molecular formula is C16H10BrClN2. The molecule has 0 saturated heterocycles. The lowest BCUT2D eigenvalue weighted by Crippen LogP contribution is -1.79. The number of rotatable bonds is 3. The van der Waals surface area contributed by atoms with E-state index in [4.69, 9.17) is 16.9 Å². The van der Waals surface area contributed by atoms with E-state index in [1.165, 1.54) is 0 Å². The molecule has 0 unspecified atom stereocenters. The molecule has 0 atom stereocenters. The molecule has 0 saturated carbocycles. The van der Waals surface area contributed by atoms with Crippen molar-refractivity contribution in [2.24, 2.45) is 4.99 Å². The van der Waals surface area contributed by atoms with Crippen LogP contribution in [0.1, 0.15) is 11.1 Å². The zero-order chi connectivity index (χ0) is 14.4. The van der Waals surface area contributed by atoms with Crippen molar-refractivity contribution < 1.29 is 0 Å². The van der Waals surface area contributed by atoms with E-state index in [1.54, 1.807) is 24.4 Å². The van der Waals surface area contributed by atoms with Gasteiger partial charge in [0.2, 0.25) is 0 Å². The van der Waals surface area contributed by atoms with Gasteiger partial charge in [0.25, 0.3) is 0 Å². The highest BCUT2D eigenvalue weighted by Crippen LogP contribution is 2.23. The summed E-state index contributed by atoms with van der Waals surface area (Å²) in [6.45, 7) is 0. The van der Waals surface area contributed by atoms with E-state index in [1.807, 2.05) is 36.4 Å². The summed E-state index contributed by atoms with van der Waals surface area (Å²) in [6, 6.07) is 17.0. The molecule has 0 bridgehead atoms. The minimum Gasteiger partial charge on any atom is -0.254 e. The van der Waals surface area contributed by atoms with Crippen molar-refractivity contribution in [2.75, 3.05) is 0 Å². The minimum atomic E-state index is 0.491. The van der Waals surface area contributed by atoms with Crippen LogP contribution in [0.15, 0.2) is 58.0 Å². The summed E-state index contributed by atoms with van der Waals surface area (Å²) >= 11 is 9.34. The number of hydrogen-bond donors (Lipinski definition) is 0. The molecule has 2 aromatic rings. The van der Waals surface area contributed by atoms with Crippen LogP contribution in [-0.2, 0) is 0 Å². The van der Waals surface area contributed by atoms with Gasteiger partial charge in [0, 0.05) is 15.7 Å². The van der Waals surface area contributed by atoms with Crippen molar-refractivity contribution in [2.45, 2.75) is 0 Å². The molecule has 4 heteroatoms. The Balaban J connectivity index is 2.24. The Labute approximate surface area is 131 Å². The maximum atomic E-state index is 9.02. The first-order chi connectivity index (χ1) is 9.69. The van der Waals surface area contributed by atoms with E-state index >= 15 is 0 Å². The smallest absolute Gasteiger partial charge is 0.101 e. The van der Waals surface area contributed by atoms with Crippen molar-refractivity contribution in [3.63, 3.8) is 0 Å². The molecule has 0 amide bonds. The number of benzene rings is 2. The van der Waals surface area contributed by atoms with Gasteiger partial charge in [-0.1, -0.05) is 41.9 Å². The summed E-state index contributed by atoms with van der Waals surface area (Å²) in [6.07, 6.45) is 3.60. The predicted octanol–water partition coefficient (Wildman–Crippen LogP) is 5.35. The highest BCUT2D eigenvalue weighted by molar-refractivity contribution is 9.12. The van der Waals surface area contributed by atoms with E-state index < -0.39 is 0 Å². The van der Waals surface area contributed by atoms with Crippen LogP contribution in [0.25, 0.3) is 6.08 Å². The highest BCUT2D eigenvalue weighted by Gasteiger charge is 2.00. The molecule has 0 aliphatic rings. The Morgan fingerprint density at radius 2 is 1.95 bits per heavy atom. The average molecular weight is 346 g/mol. The number of halogens is 2. The first-order valence-electron chi connectivity index (χ1n) is 5.85. The molecule has 2 nitrogen and oxygen atoms in total. The molecule has 98 valence electrons. The van der Waals surface area contributed by atoms with Crippen LogP contribution in [0.5, 0.6) is 0 Å². The van der Waals surface area contributed by atoms with Crippen molar-refractivity contribution in [3.05, 3.63) is 69.2 Å². The lowest BCUT2D eigenvalue weighted by molar-refractivity contribution is 1.44. The maximum Gasteiger partial charge on any atom is 0.101 e. The van der Waals surface area contributed by atoms with Gasteiger partial charge < -0.3 is 0 Å². The van der Waals surface area contributed by atoms with Gasteiger partial charge in [-0.3, -0.25) is 4.99 Å². The summed E-state index contributed by atoms with van der Waals surface area (Å²) in [5.41, 5.74) is 2.11. The number of nitriles is 1. The summed E-state index contributed by atoms with van der Waals surface area (Å²) in [4.78, 5) is 4.29. The van der Waals surface area contributed by atoms with Gasteiger partial charge in [-0.15, -0.1) is 0 Å². The van der Waals surface area contributed by atoms with Gasteiger partial charge in [-0.05, 0) is 45.8 Å². The zero-order valence-corrected chi connectivity index (χ0v) is 12.8. The standard InChI is InChI=1S/C16H10BrClN2/c17-14(8-12-4-2-1-3-5-12)11-20-16-9-15(18)7-6-13(16)10-19/h1-9,11H. The van der Waals surface area contributed by atoms with Crippen molar-refractivity contribution in [1.29, 1.82) is 5.26 Å². The molecule has 2 aromatic carbocycles. The predicted molar refractivity (Wildman–Crippen MR) is 87.7 cm³/mol. The SMILES string of the molecule is N#Cc1ccc(Cl)cc1N=CC(Br)=Cc1ccccc1. The molecule has 20 heavy (non-hydrogen) atoms. The average Bonchev–Trinajstić information content (AvgIpc) is 2.46. The van der Waals surface area contributed by atoms with Gasteiger partial charge >= 0.3 is 0 Å². The second-order valence-corrected chi connectivity index (χ2v) is 5.32. The van der Waals surface area contributed by atoms with Crippen LogP contribution in [0.3, 0.4) is 0 Å². The number of nitrogens with zero attached hydrogens (tertiary/aromatic N) is 2. The lowest BCUT2D eigenvalue weighted by Gasteiger charge is -1.98. The largest absolute Gasteiger partial charge is 0.254 e. The monoisotopic (exact) mass is 344 g/mol.